The zero-order valence-corrected chi connectivity index (χ0v) is 8.04. The summed E-state index contributed by atoms with van der Waals surface area (Å²) in [5.41, 5.74) is 0. The molecule has 0 aliphatic heterocycles. The van der Waals surface area contributed by atoms with Crippen LogP contribution >= 0.6 is 0 Å². The summed E-state index contributed by atoms with van der Waals surface area (Å²) in [6.07, 6.45) is 2.69. The number of methoxy groups -OCH3 is 1. The maximum Gasteiger partial charge on any atom is 0.306 e. The van der Waals surface area contributed by atoms with E-state index in [-0.39, 0.29) is 12.0 Å². The van der Waals surface area contributed by atoms with Gasteiger partial charge in [0.1, 0.15) is 0 Å². The highest BCUT2D eigenvalue weighted by atomic mass is 16.5. The van der Waals surface area contributed by atoms with E-state index < -0.39 is 5.97 Å². The SMILES string of the molecule is CCC(CCC(C)C(=O)O)OC. The van der Waals surface area contributed by atoms with E-state index in [4.69, 9.17) is 9.84 Å². The molecule has 0 aromatic heterocycles. The summed E-state index contributed by atoms with van der Waals surface area (Å²) in [5.74, 6) is -0.977. The molecule has 2 unspecified atom stereocenters. The Bertz CT molecular complexity index is 130. The van der Waals surface area contributed by atoms with Crippen molar-refractivity contribution < 1.29 is 14.6 Å². The van der Waals surface area contributed by atoms with Gasteiger partial charge in [-0.2, -0.15) is 0 Å². The Morgan fingerprint density at radius 2 is 2.08 bits per heavy atom. The van der Waals surface area contributed by atoms with Crippen LogP contribution in [-0.4, -0.2) is 24.3 Å². The molecule has 0 bridgehead atoms. The van der Waals surface area contributed by atoms with E-state index in [1.807, 2.05) is 6.92 Å². The molecule has 72 valence electrons. The Balaban J connectivity index is 3.58. The van der Waals surface area contributed by atoms with Crippen LogP contribution in [0.1, 0.15) is 33.1 Å². The quantitative estimate of drug-likeness (QED) is 0.669. The van der Waals surface area contributed by atoms with E-state index in [1.165, 1.54) is 0 Å². The molecule has 0 amide bonds. The van der Waals surface area contributed by atoms with Gasteiger partial charge >= 0.3 is 5.97 Å². The van der Waals surface area contributed by atoms with Crippen molar-refractivity contribution >= 4 is 5.97 Å². The Kier molecular flexibility index (Phi) is 5.72. The number of aliphatic carboxylic acids is 1. The monoisotopic (exact) mass is 174 g/mol. The van der Waals surface area contributed by atoms with Crippen LogP contribution < -0.4 is 0 Å². The zero-order chi connectivity index (χ0) is 9.56. The van der Waals surface area contributed by atoms with Crippen molar-refractivity contribution in [3.8, 4) is 0 Å². The van der Waals surface area contributed by atoms with Gasteiger partial charge in [-0.25, -0.2) is 0 Å². The van der Waals surface area contributed by atoms with Crippen molar-refractivity contribution in [2.75, 3.05) is 7.11 Å². The Morgan fingerprint density at radius 3 is 2.42 bits per heavy atom. The lowest BCUT2D eigenvalue weighted by molar-refractivity contribution is -0.141. The highest BCUT2D eigenvalue weighted by Crippen LogP contribution is 2.11. The van der Waals surface area contributed by atoms with Gasteiger partial charge in [-0.3, -0.25) is 4.79 Å². The number of carboxylic acid groups (broad SMARTS) is 1. The van der Waals surface area contributed by atoms with Crippen LogP contribution in [-0.2, 0) is 9.53 Å². The molecule has 0 radical (unpaired) electrons. The molecule has 0 aromatic rings. The first kappa shape index (κ1) is 11.4. The Labute approximate surface area is 73.7 Å². The highest BCUT2D eigenvalue weighted by Gasteiger charge is 2.13. The summed E-state index contributed by atoms with van der Waals surface area (Å²) in [6.45, 7) is 3.77. The van der Waals surface area contributed by atoms with Crippen molar-refractivity contribution in [2.45, 2.75) is 39.2 Å². The third-order valence-electron chi connectivity index (χ3n) is 2.13. The summed E-state index contributed by atoms with van der Waals surface area (Å²) in [5, 5.41) is 8.60. The van der Waals surface area contributed by atoms with Crippen molar-refractivity contribution in [1.29, 1.82) is 0 Å². The summed E-state index contributed by atoms with van der Waals surface area (Å²) < 4.78 is 5.14. The first-order valence-electron chi connectivity index (χ1n) is 4.37. The molecule has 3 heteroatoms. The summed E-state index contributed by atoms with van der Waals surface area (Å²) in [6, 6.07) is 0. The molecule has 12 heavy (non-hydrogen) atoms. The van der Waals surface area contributed by atoms with Gasteiger partial charge in [0.15, 0.2) is 0 Å². The minimum atomic E-state index is -0.721. The average molecular weight is 174 g/mol. The normalized spacial score (nSPS) is 15.6. The van der Waals surface area contributed by atoms with Gasteiger partial charge in [0.2, 0.25) is 0 Å². The molecule has 0 aliphatic carbocycles. The highest BCUT2D eigenvalue weighted by molar-refractivity contribution is 5.69. The van der Waals surface area contributed by atoms with Crippen molar-refractivity contribution in [2.24, 2.45) is 5.92 Å². The number of carboxylic acids is 1. The van der Waals surface area contributed by atoms with Crippen LogP contribution in [0.5, 0.6) is 0 Å². The van der Waals surface area contributed by atoms with E-state index in [0.29, 0.717) is 6.42 Å². The van der Waals surface area contributed by atoms with Crippen LogP contribution in [0.2, 0.25) is 0 Å². The molecular formula is C9H18O3. The Morgan fingerprint density at radius 1 is 1.50 bits per heavy atom. The third-order valence-corrected chi connectivity index (χ3v) is 2.13. The first-order valence-corrected chi connectivity index (χ1v) is 4.37. The van der Waals surface area contributed by atoms with E-state index in [1.54, 1.807) is 14.0 Å². The number of rotatable bonds is 6. The zero-order valence-electron chi connectivity index (χ0n) is 8.04. The predicted molar refractivity (Wildman–Crippen MR) is 47.1 cm³/mol. The topological polar surface area (TPSA) is 46.5 Å². The van der Waals surface area contributed by atoms with Crippen LogP contribution in [0.4, 0.5) is 0 Å². The smallest absolute Gasteiger partial charge is 0.306 e. The van der Waals surface area contributed by atoms with Crippen LogP contribution in [0.15, 0.2) is 0 Å². The molecule has 1 N–H and O–H groups in total. The largest absolute Gasteiger partial charge is 0.481 e. The number of hydrogen-bond acceptors (Lipinski definition) is 2. The van der Waals surface area contributed by atoms with E-state index in [0.717, 1.165) is 12.8 Å². The molecular weight excluding hydrogens is 156 g/mol. The minimum Gasteiger partial charge on any atom is -0.481 e. The van der Waals surface area contributed by atoms with Gasteiger partial charge < -0.3 is 9.84 Å². The van der Waals surface area contributed by atoms with Crippen LogP contribution in [0.25, 0.3) is 0 Å². The number of carbonyl (C=O) groups is 1. The fourth-order valence-corrected chi connectivity index (χ4v) is 1.05. The molecule has 0 aromatic carbocycles. The first-order chi connectivity index (χ1) is 5.61. The second kappa shape index (κ2) is 6.00. The second-order valence-electron chi connectivity index (χ2n) is 3.08. The number of ether oxygens (including phenoxy) is 1. The van der Waals surface area contributed by atoms with Crippen LogP contribution in [0.3, 0.4) is 0 Å². The molecule has 2 atom stereocenters. The Hall–Kier alpha value is -0.570. The van der Waals surface area contributed by atoms with Crippen molar-refractivity contribution in [1.82, 2.24) is 0 Å². The standard InChI is InChI=1S/C9H18O3/c1-4-8(12-3)6-5-7(2)9(10)11/h7-8H,4-6H2,1-3H3,(H,10,11). The van der Waals surface area contributed by atoms with E-state index in [2.05, 4.69) is 0 Å². The van der Waals surface area contributed by atoms with Gasteiger partial charge in [-0.05, 0) is 19.3 Å². The maximum atomic E-state index is 10.4. The molecule has 3 nitrogen and oxygen atoms in total. The van der Waals surface area contributed by atoms with Gasteiger partial charge in [0.05, 0.1) is 12.0 Å². The average Bonchev–Trinajstić information content (AvgIpc) is 2.05. The molecule has 0 fully saturated rings. The fraction of sp³-hybridized carbons (Fsp3) is 0.889. The second-order valence-corrected chi connectivity index (χ2v) is 3.08. The minimum absolute atomic E-state index is 0.215. The van der Waals surface area contributed by atoms with Crippen molar-refractivity contribution in [3.05, 3.63) is 0 Å². The van der Waals surface area contributed by atoms with Crippen molar-refractivity contribution in [3.63, 3.8) is 0 Å². The molecule has 0 saturated heterocycles. The summed E-state index contributed by atoms with van der Waals surface area (Å²) >= 11 is 0. The third kappa shape index (κ3) is 4.34. The summed E-state index contributed by atoms with van der Waals surface area (Å²) in [7, 11) is 1.67. The van der Waals surface area contributed by atoms with Gasteiger partial charge in [-0.1, -0.05) is 13.8 Å². The van der Waals surface area contributed by atoms with Gasteiger partial charge in [-0.15, -0.1) is 0 Å². The molecule has 0 heterocycles. The van der Waals surface area contributed by atoms with Crippen LogP contribution in [0, 0.1) is 5.92 Å². The number of hydrogen-bond donors (Lipinski definition) is 1. The maximum absolute atomic E-state index is 10.4. The lowest BCUT2D eigenvalue weighted by atomic mass is 10.0. The molecule has 0 spiro atoms. The molecule has 0 saturated carbocycles. The fourth-order valence-electron chi connectivity index (χ4n) is 1.05. The van der Waals surface area contributed by atoms with Gasteiger partial charge in [0.25, 0.3) is 0 Å². The van der Waals surface area contributed by atoms with E-state index >= 15 is 0 Å². The molecule has 0 aliphatic rings. The van der Waals surface area contributed by atoms with E-state index in [9.17, 15) is 4.79 Å². The summed E-state index contributed by atoms with van der Waals surface area (Å²) in [4.78, 5) is 10.4. The van der Waals surface area contributed by atoms with Gasteiger partial charge in [0, 0.05) is 7.11 Å². The molecule has 0 rings (SSSR count). The lowest BCUT2D eigenvalue weighted by Crippen LogP contribution is -2.15. The lowest BCUT2D eigenvalue weighted by Gasteiger charge is -2.13. The predicted octanol–water partition coefficient (Wildman–Crippen LogP) is 1.91.